The SMILES string of the molecule is Nc1ccc(Nc2ccc(NC(=O)c3ccc4c(c3)Cc3ccc(C(=O)Nc5ccc(Nc6ccc(N)cc6)cc5)cc3N4)cc2)cc1. The van der Waals surface area contributed by atoms with E-state index in [9.17, 15) is 9.59 Å². The predicted molar refractivity (Wildman–Crippen MR) is 196 cm³/mol. The summed E-state index contributed by atoms with van der Waals surface area (Å²) in [6.45, 7) is 0. The van der Waals surface area contributed by atoms with E-state index in [-0.39, 0.29) is 11.8 Å². The van der Waals surface area contributed by atoms with Crippen LogP contribution < -0.4 is 38.1 Å². The zero-order chi connectivity index (χ0) is 33.0. The van der Waals surface area contributed by atoms with Crippen LogP contribution in [-0.2, 0) is 6.42 Å². The van der Waals surface area contributed by atoms with Crippen molar-refractivity contribution in [1.29, 1.82) is 0 Å². The smallest absolute Gasteiger partial charge is 0.255 e. The molecular formula is C39H33N7O2. The van der Waals surface area contributed by atoms with Gasteiger partial charge in [0.05, 0.1) is 0 Å². The number of nitrogens with one attached hydrogen (secondary N) is 5. The summed E-state index contributed by atoms with van der Waals surface area (Å²) in [6, 6.07) is 41.3. The molecule has 1 aliphatic rings. The van der Waals surface area contributed by atoms with Crippen molar-refractivity contribution in [1.82, 2.24) is 0 Å². The molecule has 6 aromatic rings. The van der Waals surface area contributed by atoms with Gasteiger partial charge in [0.1, 0.15) is 0 Å². The molecule has 0 fully saturated rings. The van der Waals surface area contributed by atoms with Gasteiger partial charge in [0, 0.05) is 74.4 Å². The molecule has 0 aromatic heterocycles. The summed E-state index contributed by atoms with van der Waals surface area (Å²) < 4.78 is 0. The zero-order valence-electron chi connectivity index (χ0n) is 25.9. The van der Waals surface area contributed by atoms with Gasteiger partial charge in [0.25, 0.3) is 11.8 Å². The van der Waals surface area contributed by atoms with Gasteiger partial charge < -0.3 is 38.1 Å². The maximum absolute atomic E-state index is 13.1. The molecule has 2 amide bonds. The van der Waals surface area contributed by atoms with E-state index in [4.69, 9.17) is 11.5 Å². The number of rotatable bonds is 8. The molecule has 6 aromatic carbocycles. The van der Waals surface area contributed by atoms with Gasteiger partial charge in [0.15, 0.2) is 0 Å². The molecule has 0 unspecified atom stereocenters. The Labute approximate surface area is 278 Å². The minimum atomic E-state index is -0.203. The van der Waals surface area contributed by atoms with Crippen molar-refractivity contribution < 1.29 is 9.59 Å². The van der Waals surface area contributed by atoms with Crippen LogP contribution in [-0.4, -0.2) is 11.8 Å². The van der Waals surface area contributed by atoms with Crippen molar-refractivity contribution in [3.05, 3.63) is 156 Å². The molecule has 0 spiro atoms. The molecule has 0 saturated heterocycles. The first-order valence-electron chi connectivity index (χ1n) is 15.5. The Kier molecular flexibility index (Phi) is 8.07. The van der Waals surface area contributed by atoms with Gasteiger partial charge in [-0.05, 0) is 139 Å². The van der Waals surface area contributed by atoms with Crippen LogP contribution in [0.5, 0.6) is 0 Å². The largest absolute Gasteiger partial charge is 0.399 e. The molecule has 1 heterocycles. The van der Waals surface area contributed by atoms with Crippen molar-refractivity contribution in [3.63, 3.8) is 0 Å². The van der Waals surface area contributed by atoms with E-state index in [0.717, 1.165) is 45.3 Å². The van der Waals surface area contributed by atoms with Gasteiger partial charge in [0.2, 0.25) is 0 Å². The average molecular weight is 632 g/mol. The standard InChI is InChI=1S/C39H33N7O2/c40-28-4-8-30(9-5-28)42-32-12-16-34(17-13-32)44-38(47)25-3-20-36-27(22-25)21-24-1-2-26(23-37(24)46-36)39(48)45-35-18-14-33(15-19-35)43-31-10-6-29(41)7-11-31/h1-20,22-23,42-43,46H,21,40-41H2,(H,44,47)(H,45,48). The second kappa shape index (κ2) is 12.9. The minimum absolute atomic E-state index is 0.191. The van der Waals surface area contributed by atoms with Crippen LogP contribution in [0.3, 0.4) is 0 Å². The van der Waals surface area contributed by atoms with Gasteiger partial charge in [-0.25, -0.2) is 0 Å². The third-order valence-corrected chi connectivity index (χ3v) is 8.07. The Morgan fingerprint density at radius 2 is 0.875 bits per heavy atom. The Hall–Kier alpha value is -6.74. The van der Waals surface area contributed by atoms with Gasteiger partial charge in [-0.15, -0.1) is 0 Å². The van der Waals surface area contributed by atoms with Gasteiger partial charge in [-0.3, -0.25) is 9.59 Å². The lowest BCUT2D eigenvalue weighted by Gasteiger charge is -2.23. The highest BCUT2D eigenvalue weighted by atomic mass is 16.2. The topological polar surface area (TPSA) is 146 Å². The Bertz CT molecular complexity index is 1960. The van der Waals surface area contributed by atoms with Crippen molar-refractivity contribution in [2.45, 2.75) is 6.42 Å². The number of anilines is 10. The molecule has 7 rings (SSSR count). The monoisotopic (exact) mass is 631 g/mol. The molecule has 9 heteroatoms. The normalized spacial score (nSPS) is 11.3. The number of amides is 2. The summed E-state index contributed by atoms with van der Waals surface area (Å²) in [6.07, 6.45) is 0.634. The van der Waals surface area contributed by atoms with Crippen molar-refractivity contribution >= 4 is 68.7 Å². The summed E-state index contributed by atoms with van der Waals surface area (Å²) >= 11 is 0. The van der Waals surface area contributed by atoms with E-state index < -0.39 is 0 Å². The lowest BCUT2D eigenvalue weighted by atomic mass is 9.94. The Morgan fingerprint density at radius 1 is 0.458 bits per heavy atom. The fraction of sp³-hybridized carbons (Fsp3) is 0.0256. The van der Waals surface area contributed by atoms with Crippen LogP contribution in [0.2, 0.25) is 0 Å². The number of hydrogen-bond acceptors (Lipinski definition) is 7. The quantitative estimate of drug-likeness (QED) is 0.0833. The second-order valence-electron chi connectivity index (χ2n) is 11.6. The van der Waals surface area contributed by atoms with E-state index in [1.54, 1.807) is 6.07 Å². The zero-order valence-corrected chi connectivity index (χ0v) is 25.9. The third-order valence-electron chi connectivity index (χ3n) is 8.07. The molecule has 0 aliphatic carbocycles. The fourth-order valence-electron chi connectivity index (χ4n) is 5.49. The molecular weight excluding hydrogens is 598 g/mol. The average Bonchev–Trinajstić information content (AvgIpc) is 3.10. The van der Waals surface area contributed by atoms with E-state index in [1.165, 1.54) is 0 Å². The number of fused-ring (bicyclic) bond motifs is 2. The molecule has 0 bridgehead atoms. The van der Waals surface area contributed by atoms with Crippen LogP contribution in [0.15, 0.2) is 133 Å². The van der Waals surface area contributed by atoms with E-state index in [0.29, 0.717) is 40.3 Å². The van der Waals surface area contributed by atoms with E-state index in [1.807, 2.05) is 127 Å². The Balaban J connectivity index is 0.959. The van der Waals surface area contributed by atoms with Gasteiger partial charge in [-0.2, -0.15) is 0 Å². The fourth-order valence-corrected chi connectivity index (χ4v) is 5.49. The van der Waals surface area contributed by atoms with Crippen LogP contribution >= 0.6 is 0 Å². The molecule has 0 saturated carbocycles. The molecule has 1 aliphatic heterocycles. The highest BCUT2D eigenvalue weighted by Crippen LogP contribution is 2.34. The van der Waals surface area contributed by atoms with Crippen molar-refractivity contribution in [2.75, 3.05) is 38.1 Å². The highest BCUT2D eigenvalue weighted by Gasteiger charge is 2.19. The number of carbonyl (C=O) groups excluding carboxylic acids is 2. The van der Waals surface area contributed by atoms with Crippen LogP contribution in [0, 0.1) is 0 Å². The summed E-state index contributed by atoms with van der Waals surface area (Å²) in [4.78, 5) is 26.2. The van der Waals surface area contributed by atoms with Crippen molar-refractivity contribution in [2.24, 2.45) is 0 Å². The van der Waals surface area contributed by atoms with Crippen molar-refractivity contribution in [3.8, 4) is 0 Å². The first-order valence-corrected chi connectivity index (χ1v) is 15.5. The summed E-state index contributed by atoms with van der Waals surface area (Å²) in [5.74, 6) is -0.394. The Morgan fingerprint density at radius 3 is 1.38 bits per heavy atom. The minimum Gasteiger partial charge on any atom is -0.399 e. The lowest BCUT2D eigenvalue weighted by Crippen LogP contribution is -2.15. The third kappa shape index (κ3) is 6.90. The lowest BCUT2D eigenvalue weighted by molar-refractivity contribution is 0.101. The number of hydrogen-bond donors (Lipinski definition) is 7. The molecule has 9 N–H and O–H groups in total. The second-order valence-corrected chi connectivity index (χ2v) is 11.6. The van der Waals surface area contributed by atoms with Gasteiger partial charge in [-0.1, -0.05) is 6.07 Å². The molecule has 9 nitrogen and oxygen atoms in total. The highest BCUT2D eigenvalue weighted by molar-refractivity contribution is 6.06. The van der Waals surface area contributed by atoms with E-state index in [2.05, 4.69) is 26.6 Å². The maximum Gasteiger partial charge on any atom is 0.255 e. The first kappa shape index (κ1) is 29.9. The van der Waals surface area contributed by atoms with Crippen LogP contribution in [0.25, 0.3) is 0 Å². The number of nitrogen functional groups attached to an aromatic ring is 2. The molecule has 0 radical (unpaired) electrons. The first-order chi connectivity index (χ1) is 23.3. The molecule has 236 valence electrons. The summed E-state index contributed by atoms with van der Waals surface area (Å²) in [7, 11) is 0. The predicted octanol–water partition coefficient (Wildman–Crippen LogP) is 8.49. The molecule has 0 atom stereocenters. The van der Waals surface area contributed by atoms with E-state index >= 15 is 0 Å². The summed E-state index contributed by atoms with van der Waals surface area (Å²) in [5.41, 5.74) is 22.9. The number of carbonyl (C=O) groups is 2. The number of nitrogens with two attached hydrogens (primary N) is 2. The van der Waals surface area contributed by atoms with Crippen LogP contribution in [0.1, 0.15) is 31.8 Å². The van der Waals surface area contributed by atoms with Crippen LogP contribution in [0.4, 0.5) is 56.9 Å². The molecule has 48 heavy (non-hydrogen) atoms. The maximum atomic E-state index is 13.1. The number of benzene rings is 6. The summed E-state index contributed by atoms with van der Waals surface area (Å²) in [5, 5.41) is 16.0. The van der Waals surface area contributed by atoms with Gasteiger partial charge >= 0.3 is 0 Å².